The molecule has 0 unspecified atom stereocenters. The lowest BCUT2D eigenvalue weighted by molar-refractivity contribution is -0.391. The van der Waals surface area contributed by atoms with Crippen molar-refractivity contribution in [1.82, 2.24) is 4.98 Å². The molecule has 0 saturated heterocycles. The Hall–Kier alpha value is -2.19. The minimum atomic E-state index is -3.37. The number of carbonyl (C=O) groups is 1. The van der Waals surface area contributed by atoms with Crippen LogP contribution in [-0.4, -0.2) is 23.0 Å². The van der Waals surface area contributed by atoms with Crippen LogP contribution < -0.4 is 0 Å². The van der Waals surface area contributed by atoms with E-state index < -0.39 is 40.9 Å². The van der Waals surface area contributed by atoms with E-state index in [1.165, 1.54) is 0 Å². The first-order valence-corrected chi connectivity index (χ1v) is 4.55. The van der Waals surface area contributed by atoms with Crippen LogP contribution in [0.1, 0.15) is 17.7 Å². The van der Waals surface area contributed by atoms with Crippen molar-refractivity contribution < 1.29 is 27.6 Å². The van der Waals surface area contributed by atoms with Gasteiger partial charge in [-0.1, -0.05) is 0 Å². The van der Waals surface area contributed by atoms with E-state index in [4.69, 9.17) is 0 Å². The summed E-state index contributed by atoms with van der Waals surface area (Å²) in [6.07, 6.45) is -3.91. The molecule has 9 heteroatoms. The van der Waals surface area contributed by atoms with Crippen LogP contribution in [0.5, 0.6) is 0 Å². The van der Waals surface area contributed by atoms with Gasteiger partial charge in [-0.25, -0.2) is 13.2 Å². The largest absolute Gasteiger partial charge is 0.469 e. The molecule has 1 heterocycles. The number of hydrogen-bond donors (Lipinski definition) is 0. The van der Waals surface area contributed by atoms with E-state index in [0.717, 1.165) is 7.11 Å². The fourth-order valence-electron chi connectivity index (χ4n) is 1.21. The molecule has 0 aliphatic rings. The van der Waals surface area contributed by atoms with Gasteiger partial charge in [-0.05, 0) is 9.91 Å². The van der Waals surface area contributed by atoms with Crippen molar-refractivity contribution in [2.75, 3.05) is 7.11 Å². The maximum absolute atomic E-state index is 13.3. The zero-order valence-electron chi connectivity index (χ0n) is 9.02. The van der Waals surface area contributed by atoms with Gasteiger partial charge < -0.3 is 14.9 Å². The van der Waals surface area contributed by atoms with Crippen LogP contribution in [0.3, 0.4) is 0 Å². The number of esters is 1. The predicted octanol–water partition coefficient (Wildman–Crippen LogP) is 1.78. The van der Waals surface area contributed by atoms with Crippen LogP contribution in [0.25, 0.3) is 0 Å². The van der Waals surface area contributed by atoms with Gasteiger partial charge in [-0.2, -0.15) is 0 Å². The fourth-order valence-corrected chi connectivity index (χ4v) is 1.21. The van der Waals surface area contributed by atoms with E-state index in [2.05, 4.69) is 9.72 Å². The van der Waals surface area contributed by atoms with E-state index in [9.17, 15) is 28.1 Å². The maximum Gasteiger partial charge on any atom is 0.375 e. The molecule has 0 saturated carbocycles. The van der Waals surface area contributed by atoms with E-state index in [1.54, 1.807) is 0 Å². The summed E-state index contributed by atoms with van der Waals surface area (Å²) >= 11 is 0. The normalized spacial score (nSPS) is 10.5. The van der Waals surface area contributed by atoms with Crippen LogP contribution in [0, 0.1) is 15.9 Å². The van der Waals surface area contributed by atoms with E-state index in [0.29, 0.717) is 6.07 Å². The second-order valence-electron chi connectivity index (χ2n) is 3.14. The molecule has 0 N–H and O–H groups in total. The van der Waals surface area contributed by atoms with Crippen molar-refractivity contribution in [3.63, 3.8) is 0 Å². The molecule has 0 spiro atoms. The first-order chi connectivity index (χ1) is 8.36. The Morgan fingerprint density at radius 2 is 2.22 bits per heavy atom. The Balaban J connectivity index is 3.28. The Labute approximate surface area is 98.5 Å². The third kappa shape index (κ3) is 2.93. The number of methoxy groups -OCH3 is 1. The fraction of sp³-hybridized carbons (Fsp3) is 0.333. The molecule has 0 atom stereocenters. The van der Waals surface area contributed by atoms with Crippen molar-refractivity contribution in [3.8, 4) is 0 Å². The first kappa shape index (κ1) is 13.9. The van der Waals surface area contributed by atoms with Gasteiger partial charge in [0.2, 0.25) is 0 Å². The SMILES string of the molecule is COC(=O)Cc1cc(F)c(C(F)F)c([N+](=O)[O-])n1. The number of nitro groups is 1. The quantitative estimate of drug-likeness (QED) is 0.470. The Bertz CT molecular complexity index is 493. The molecule has 98 valence electrons. The van der Waals surface area contributed by atoms with Crippen LogP contribution in [0.2, 0.25) is 0 Å². The number of aromatic nitrogens is 1. The second kappa shape index (κ2) is 5.43. The lowest BCUT2D eigenvalue weighted by Crippen LogP contribution is -2.10. The molecule has 0 bridgehead atoms. The van der Waals surface area contributed by atoms with Gasteiger partial charge in [0.05, 0.1) is 7.11 Å². The van der Waals surface area contributed by atoms with Crippen LogP contribution in [0.4, 0.5) is 19.0 Å². The van der Waals surface area contributed by atoms with Crippen molar-refractivity contribution in [1.29, 1.82) is 0 Å². The number of alkyl halides is 2. The molecule has 0 radical (unpaired) electrons. The average molecular weight is 264 g/mol. The predicted molar refractivity (Wildman–Crippen MR) is 51.5 cm³/mol. The molecule has 1 aromatic rings. The summed E-state index contributed by atoms with van der Waals surface area (Å²) in [7, 11) is 1.06. The van der Waals surface area contributed by atoms with Gasteiger partial charge in [0.1, 0.15) is 12.2 Å². The summed E-state index contributed by atoms with van der Waals surface area (Å²) in [5, 5.41) is 10.5. The highest BCUT2D eigenvalue weighted by Gasteiger charge is 2.30. The zero-order valence-corrected chi connectivity index (χ0v) is 9.02. The van der Waals surface area contributed by atoms with Gasteiger partial charge >= 0.3 is 11.8 Å². The molecule has 1 aromatic heterocycles. The Morgan fingerprint density at radius 3 is 2.67 bits per heavy atom. The number of pyridine rings is 1. The average Bonchev–Trinajstić information content (AvgIpc) is 2.27. The summed E-state index contributed by atoms with van der Waals surface area (Å²) in [6.45, 7) is 0. The molecule has 0 amide bonds. The standard InChI is InChI=1S/C9H7F3N2O4/c1-18-6(15)3-4-2-5(10)7(8(11)12)9(13-4)14(16)17/h2,8H,3H2,1H3. The monoisotopic (exact) mass is 264 g/mol. The molecule has 0 fully saturated rings. The Morgan fingerprint density at radius 1 is 1.61 bits per heavy atom. The van der Waals surface area contributed by atoms with Gasteiger partial charge in [0.25, 0.3) is 6.43 Å². The van der Waals surface area contributed by atoms with Crippen molar-refractivity contribution in [3.05, 3.63) is 33.3 Å². The van der Waals surface area contributed by atoms with Crippen molar-refractivity contribution in [2.45, 2.75) is 12.8 Å². The number of halogens is 3. The zero-order chi connectivity index (χ0) is 13.9. The molecule has 0 aliphatic carbocycles. The van der Waals surface area contributed by atoms with Crippen LogP contribution >= 0.6 is 0 Å². The highest BCUT2D eigenvalue weighted by molar-refractivity contribution is 5.71. The molecule has 0 aromatic carbocycles. The van der Waals surface area contributed by atoms with E-state index in [-0.39, 0.29) is 5.69 Å². The van der Waals surface area contributed by atoms with Crippen molar-refractivity contribution in [2.24, 2.45) is 0 Å². The van der Waals surface area contributed by atoms with Crippen LogP contribution in [0.15, 0.2) is 6.07 Å². The molecular weight excluding hydrogens is 257 g/mol. The second-order valence-corrected chi connectivity index (χ2v) is 3.14. The summed E-state index contributed by atoms with van der Waals surface area (Å²) in [6, 6.07) is 0.547. The Kier molecular flexibility index (Phi) is 4.18. The maximum atomic E-state index is 13.3. The number of nitrogens with zero attached hydrogens (tertiary/aromatic N) is 2. The summed E-state index contributed by atoms with van der Waals surface area (Å²) in [5.41, 5.74) is -1.75. The van der Waals surface area contributed by atoms with Gasteiger partial charge in [-0.3, -0.25) is 4.79 Å². The molecule has 6 nitrogen and oxygen atoms in total. The summed E-state index contributed by atoms with van der Waals surface area (Å²) in [4.78, 5) is 23.4. The number of carbonyl (C=O) groups excluding carboxylic acids is 1. The lowest BCUT2D eigenvalue weighted by Gasteiger charge is -2.04. The number of ether oxygens (including phenoxy) is 1. The third-order valence-electron chi connectivity index (χ3n) is 1.99. The minimum Gasteiger partial charge on any atom is -0.469 e. The van der Waals surface area contributed by atoms with Gasteiger partial charge in [0.15, 0.2) is 11.3 Å². The third-order valence-corrected chi connectivity index (χ3v) is 1.99. The van der Waals surface area contributed by atoms with Crippen molar-refractivity contribution >= 4 is 11.8 Å². The van der Waals surface area contributed by atoms with E-state index >= 15 is 0 Å². The van der Waals surface area contributed by atoms with Gasteiger partial charge in [-0.15, -0.1) is 0 Å². The highest BCUT2D eigenvalue weighted by Crippen LogP contribution is 2.30. The summed E-state index contributed by atoms with van der Waals surface area (Å²) in [5.74, 6) is -3.60. The topological polar surface area (TPSA) is 82.3 Å². The molecule has 1 rings (SSSR count). The van der Waals surface area contributed by atoms with Gasteiger partial charge in [0, 0.05) is 6.07 Å². The minimum absolute atomic E-state index is 0.351. The smallest absolute Gasteiger partial charge is 0.375 e. The van der Waals surface area contributed by atoms with E-state index in [1.807, 2.05) is 0 Å². The molecular formula is C9H7F3N2O4. The van der Waals surface area contributed by atoms with Crippen LogP contribution in [-0.2, 0) is 16.0 Å². The highest BCUT2D eigenvalue weighted by atomic mass is 19.3. The lowest BCUT2D eigenvalue weighted by atomic mass is 10.2. The molecule has 18 heavy (non-hydrogen) atoms. The summed E-state index contributed by atoms with van der Waals surface area (Å²) < 4.78 is 42.4. The number of hydrogen-bond acceptors (Lipinski definition) is 5. The number of rotatable bonds is 4. The molecule has 0 aliphatic heterocycles. The first-order valence-electron chi connectivity index (χ1n) is 4.55.